The van der Waals surface area contributed by atoms with E-state index < -0.39 is 12.1 Å². The molecule has 0 spiro atoms. The van der Waals surface area contributed by atoms with Gasteiger partial charge < -0.3 is 20.3 Å². The molecule has 0 bridgehead atoms. The molecule has 0 aromatic carbocycles. The monoisotopic (exact) mass is 806 g/mol. The second-order valence-electron chi connectivity index (χ2n) is 17.5. The minimum Gasteiger partial charge on any atom is -0.466 e. The summed E-state index contributed by atoms with van der Waals surface area (Å²) in [4.78, 5) is 24.4. The highest BCUT2D eigenvalue weighted by molar-refractivity contribution is 5.76. The molecule has 0 fully saturated rings. The Balaban J connectivity index is 3.48. The van der Waals surface area contributed by atoms with Crippen LogP contribution < -0.4 is 5.32 Å². The highest BCUT2D eigenvalue weighted by Gasteiger charge is 2.18. The Morgan fingerprint density at radius 3 is 1.19 bits per heavy atom. The smallest absolute Gasteiger partial charge is 0.305 e. The van der Waals surface area contributed by atoms with Crippen molar-refractivity contribution in [3.05, 3.63) is 12.2 Å². The lowest BCUT2D eigenvalue weighted by Gasteiger charge is -2.20. The van der Waals surface area contributed by atoms with Crippen LogP contribution >= 0.6 is 0 Å². The maximum atomic E-state index is 12.4. The standard InChI is InChI=1S/C51H99NO5/c1-3-5-7-9-11-13-15-17-18-20-23-27-31-35-39-43-49(54)48(47-53)52-50(55)44-40-36-32-28-24-21-19-22-26-30-34-38-42-46-57-51(56)45-41-37-33-29-25-16-14-12-10-8-6-4-2/h39,43,48-49,53-54H,3-38,40-42,44-47H2,1-2H3,(H,52,55)/b43-39+. The number of carbonyl (C=O) groups is 2. The van der Waals surface area contributed by atoms with Gasteiger partial charge in [-0.15, -0.1) is 0 Å². The fourth-order valence-electron chi connectivity index (χ4n) is 7.87. The van der Waals surface area contributed by atoms with Gasteiger partial charge in [0.1, 0.15) is 0 Å². The van der Waals surface area contributed by atoms with Crippen molar-refractivity contribution < 1.29 is 24.5 Å². The number of aliphatic hydroxyl groups excluding tert-OH is 2. The molecule has 0 rings (SSSR count). The second-order valence-corrected chi connectivity index (χ2v) is 17.5. The molecular weight excluding hydrogens is 707 g/mol. The van der Waals surface area contributed by atoms with E-state index in [9.17, 15) is 19.8 Å². The number of nitrogens with one attached hydrogen (secondary N) is 1. The van der Waals surface area contributed by atoms with Gasteiger partial charge in [0.25, 0.3) is 0 Å². The van der Waals surface area contributed by atoms with E-state index in [1.54, 1.807) is 6.08 Å². The number of rotatable bonds is 47. The SMILES string of the molecule is CCCCCCCCCCCCCCC/C=C/C(O)C(CO)NC(=O)CCCCCCCCCCCCCCCOC(=O)CCCCCCCCCCCCCC. The van der Waals surface area contributed by atoms with Crippen LogP contribution in [0.2, 0.25) is 0 Å². The van der Waals surface area contributed by atoms with Gasteiger partial charge in [-0.2, -0.15) is 0 Å². The molecule has 2 atom stereocenters. The Hall–Kier alpha value is -1.40. The van der Waals surface area contributed by atoms with Crippen LogP contribution in [0.5, 0.6) is 0 Å². The zero-order valence-electron chi connectivity index (χ0n) is 38.3. The van der Waals surface area contributed by atoms with Crippen molar-refractivity contribution in [2.24, 2.45) is 0 Å². The summed E-state index contributed by atoms with van der Waals surface area (Å²) in [6.07, 6.45) is 53.4. The molecular formula is C51H99NO5. The Bertz CT molecular complexity index is 847. The fourth-order valence-corrected chi connectivity index (χ4v) is 7.87. The van der Waals surface area contributed by atoms with Crippen LogP contribution in [-0.4, -0.2) is 47.4 Å². The van der Waals surface area contributed by atoms with Crippen LogP contribution in [0.1, 0.15) is 277 Å². The van der Waals surface area contributed by atoms with Crippen molar-refractivity contribution >= 4 is 11.9 Å². The van der Waals surface area contributed by atoms with Gasteiger partial charge in [-0.05, 0) is 32.1 Å². The first-order valence-electron chi connectivity index (χ1n) is 25.5. The average molecular weight is 806 g/mol. The minimum atomic E-state index is -0.851. The summed E-state index contributed by atoms with van der Waals surface area (Å²) in [6.45, 7) is 4.88. The highest BCUT2D eigenvalue weighted by Crippen LogP contribution is 2.16. The van der Waals surface area contributed by atoms with Crippen molar-refractivity contribution in [1.82, 2.24) is 5.32 Å². The number of unbranched alkanes of at least 4 members (excludes halogenated alkanes) is 36. The maximum absolute atomic E-state index is 12.4. The first-order chi connectivity index (χ1) is 28.0. The number of esters is 1. The van der Waals surface area contributed by atoms with E-state index in [4.69, 9.17) is 4.74 Å². The number of amides is 1. The molecule has 0 aliphatic rings. The fraction of sp³-hybridized carbons (Fsp3) is 0.922. The molecule has 57 heavy (non-hydrogen) atoms. The lowest BCUT2D eigenvalue weighted by atomic mass is 10.0. The molecule has 0 aliphatic heterocycles. The van der Waals surface area contributed by atoms with Crippen molar-refractivity contribution in [1.29, 1.82) is 0 Å². The summed E-state index contributed by atoms with van der Waals surface area (Å²) in [5.74, 6) is -0.0857. The molecule has 2 unspecified atom stereocenters. The molecule has 0 aromatic rings. The second kappa shape index (κ2) is 47.3. The predicted molar refractivity (Wildman–Crippen MR) is 246 cm³/mol. The third-order valence-corrected chi connectivity index (χ3v) is 11.8. The normalized spacial score (nSPS) is 12.7. The van der Waals surface area contributed by atoms with E-state index in [-0.39, 0.29) is 18.5 Å². The lowest BCUT2D eigenvalue weighted by molar-refractivity contribution is -0.143. The third-order valence-electron chi connectivity index (χ3n) is 11.8. The summed E-state index contributed by atoms with van der Waals surface area (Å²) in [7, 11) is 0. The Labute approximate surface area is 355 Å². The van der Waals surface area contributed by atoms with Crippen molar-refractivity contribution in [3.63, 3.8) is 0 Å². The van der Waals surface area contributed by atoms with Crippen LogP contribution in [-0.2, 0) is 14.3 Å². The van der Waals surface area contributed by atoms with Gasteiger partial charge in [-0.3, -0.25) is 9.59 Å². The molecule has 3 N–H and O–H groups in total. The van der Waals surface area contributed by atoms with Gasteiger partial charge in [0.15, 0.2) is 0 Å². The summed E-state index contributed by atoms with van der Waals surface area (Å²) in [5, 5.41) is 23.0. The van der Waals surface area contributed by atoms with E-state index in [1.807, 2.05) is 6.08 Å². The Kier molecular flexibility index (Phi) is 46.1. The Morgan fingerprint density at radius 2 is 0.807 bits per heavy atom. The first-order valence-corrected chi connectivity index (χ1v) is 25.5. The molecule has 0 aliphatic carbocycles. The van der Waals surface area contributed by atoms with E-state index in [1.165, 1.54) is 193 Å². The topological polar surface area (TPSA) is 95.9 Å². The lowest BCUT2D eigenvalue weighted by Crippen LogP contribution is -2.45. The molecule has 1 amide bonds. The van der Waals surface area contributed by atoms with E-state index >= 15 is 0 Å². The summed E-state index contributed by atoms with van der Waals surface area (Å²) in [6, 6.07) is -0.635. The number of hydrogen-bond donors (Lipinski definition) is 3. The first kappa shape index (κ1) is 55.6. The third kappa shape index (κ3) is 44.0. The largest absolute Gasteiger partial charge is 0.466 e. The van der Waals surface area contributed by atoms with Gasteiger partial charge in [0, 0.05) is 12.8 Å². The number of ether oxygens (including phenoxy) is 1. The molecule has 0 aromatic heterocycles. The van der Waals surface area contributed by atoms with Crippen LogP contribution in [0.4, 0.5) is 0 Å². The van der Waals surface area contributed by atoms with E-state index in [2.05, 4.69) is 19.2 Å². The Morgan fingerprint density at radius 1 is 0.474 bits per heavy atom. The van der Waals surface area contributed by atoms with Crippen LogP contribution in [0, 0.1) is 0 Å². The quantitative estimate of drug-likeness (QED) is 0.0323. The summed E-state index contributed by atoms with van der Waals surface area (Å²) < 4.78 is 5.45. The maximum Gasteiger partial charge on any atom is 0.305 e. The molecule has 6 heteroatoms. The van der Waals surface area contributed by atoms with Gasteiger partial charge in [-0.25, -0.2) is 0 Å². The zero-order chi connectivity index (χ0) is 41.5. The molecule has 338 valence electrons. The van der Waals surface area contributed by atoms with E-state index in [0.717, 1.165) is 57.8 Å². The van der Waals surface area contributed by atoms with E-state index in [0.29, 0.717) is 19.4 Å². The highest BCUT2D eigenvalue weighted by atomic mass is 16.5. The molecule has 6 nitrogen and oxygen atoms in total. The number of carbonyl (C=O) groups excluding carboxylic acids is 2. The van der Waals surface area contributed by atoms with Gasteiger partial charge >= 0.3 is 5.97 Å². The number of aliphatic hydroxyl groups is 2. The van der Waals surface area contributed by atoms with Gasteiger partial charge in [-0.1, -0.05) is 244 Å². The van der Waals surface area contributed by atoms with Crippen molar-refractivity contribution in [2.75, 3.05) is 13.2 Å². The molecule has 0 radical (unpaired) electrons. The van der Waals surface area contributed by atoms with Gasteiger partial charge in [0.05, 0.1) is 25.4 Å². The number of hydrogen-bond acceptors (Lipinski definition) is 5. The van der Waals surface area contributed by atoms with Crippen LogP contribution in [0.25, 0.3) is 0 Å². The minimum absolute atomic E-state index is 0.00611. The van der Waals surface area contributed by atoms with Crippen molar-refractivity contribution in [2.45, 2.75) is 289 Å². The predicted octanol–water partition coefficient (Wildman–Crippen LogP) is 15.0. The van der Waals surface area contributed by atoms with Crippen LogP contribution in [0.3, 0.4) is 0 Å². The summed E-state index contributed by atoms with van der Waals surface area (Å²) in [5.41, 5.74) is 0. The zero-order valence-corrected chi connectivity index (χ0v) is 38.3. The van der Waals surface area contributed by atoms with Crippen molar-refractivity contribution in [3.8, 4) is 0 Å². The average Bonchev–Trinajstić information content (AvgIpc) is 3.21. The summed E-state index contributed by atoms with van der Waals surface area (Å²) >= 11 is 0. The molecule has 0 saturated heterocycles. The van der Waals surface area contributed by atoms with Gasteiger partial charge in [0.2, 0.25) is 5.91 Å². The van der Waals surface area contributed by atoms with Crippen LogP contribution in [0.15, 0.2) is 12.2 Å². The number of allylic oxidation sites excluding steroid dienone is 1. The molecule has 0 saturated carbocycles. The molecule has 0 heterocycles.